The molecule has 0 saturated carbocycles. The van der Waals surface area contributed by atoms with Crippen LogP contribution < -0.4 is 0 Å². The van der Waals surface area contributed by atoms with Gasteiger partial charge < -0.3 is 14.2 Å². The van der Waals surface area contributed by atoms with E-state index < -0.39 is 5.79 Å². The Labute approximate surface area is 81.8 Å². The number of ether oxygens (including phenoxy) is 3. The van der Waals surface area contributed by atoms with E-state index in [4.69, 9.17) is 14.2 Å². The summed E-state index contributed by atoms with van der Waals surface area (Å²) in [6.07, 6.45) is 3.20. The van der Waals surface area contributed by atoms with Crippen molar-refractivity contribution in [3.8, 4) is 0 Å². The number of esters is 1. The van der Waals surface area contributed by atoms with E-state index >= 15 is 0 Å². The van der Waals surface area contributed by atoms with Gasteiger partial charge in [0.2, 0.25) is 5.79 Å². The minimum absolute atomic E-state index is 0.131. The Morgan fingerprint density at radius 1 is 1.64 bits per heavy atom. The molecule has 0 radical (unpaired) electrons. The summed E-state index contributed by atoms with van der Waals surface area (Å²) in [7, 11) is 0. The Hall–Kier alpha value is -1.03. The molecule has 0 aromatic carbocycles. The Morgan fingerprint density at radius 3 is 3.29 bits per heavy atom. The van der Waals surface area contributed by atoms with Crippen molar-refractivity contribution >= 4 is 5.97 Å². The predicted molar refractivity (Wildman–Crippen MR) is 46.1 cm³/mol. The molecule has 2 bridgehead atoms. The second-order valence-corrected chi connectivity index (χ2v) is 4.06. The lowest BCUT2D eigenvalue weighted by Gasteiger charge is -2.28. The summed E-state index contributed by atoms with van der Waals surface area (Å²) >= 11 is 0. The molecule has 3 rings (SSSR count). The van der Waals surface area contributed by atoms with Crippen LogP contribution in [0.1, 0.15) is 12.8 Å². The van der Waals surface area contributed by atoms with Gasteiger partial charge in [0.05, 0.1) is 19.0 Å². The lowest BCUT2D eigenvalue weighted by atomic mass is 9.79. The quantitative estimate of drug-likeness (QED) is 0.484. The largest absolute Gasteiger partial charge is 0.470 e. The number of carbonyl (C=O) groups excluding carboxylic acids is 1. The first-order valence-electron chi connectivity index (χ1n) is 4.90. The standard InChI is InChI=1S/C10H12O4/c1-2-13-10-4-3-7(14-10)6-5-12-9(11)8(6)10/h2,6-8H,1,3-5H2. The van der Waals surface area contributed by atoms with Crippen LogP contribution >= 0.6 is 0 Å². The number of carbonyl (C=O) groups is 1. The van der Waals surface area contributed by atoms with Gasteiger partial charge in [-0.2, -0.15) is 0 Å². The van der Waals surface area contributed by atoms with Crippen LogP contribution in [0.4, 0.5) is 0 Å². The van der Waals surface area contributed by atoms with Gasteiger partial charge in [-0.1, -0.05) is 6.58 Å². The van der Waals surface area contributed by atoms with Crippen molar-refractivity contribution in [2.24, 2.45) is 11.8 Å². The number of rotatable bonds is 2. The molecule has 4 atom stereocenters. The van der Waals surface area contributed by atoms with Gasteiger partial charge in [0.1, 0.15) is 5.92 Å². The number of fused-ring (bicyclic) bond motifs is 5. The molecular weight excluding hydrogens is 184 g/mol. The van der Waals surface area contributed by atoms with Crippen LogP contribution in [-0.4, -0.2) is 24.5 Å². The average molecular weight is 196 g/mol. The molecule has 4 nitrogen and oxygen atoms in total. The van der Waals surface area contributed by atoms with Crippen molar-refractivity contribution in [2.75, 3.05) is 6.61 Å². The molecule has 4 unspecified atom stereocenters. The van der Waals surface area contributed by atoms with Gasteiger partial charge >= 0.3 is 5.97 Å². The summed E-state index contributed by atoms with van der Waals surface area (Å²) in [6.45, 7) is 4.00. The fourth-order valence-corrected chi connectivity index (χ4v) is 2.92. The van der Waals surface area contributed by atoms with Gasteiger partial charge in [0.25, 0.3) is 0 Å². The van der Waals surface area contributed by atoms with E-state index in [0.29, 0.717) is 6.61 Å². The fraction of sp³-hybridized carbons (Fsp3) is 0.700. The fourth-order valence-electron chi connectivity index (χ4n) is 2.92. The summed E-state index contributed by atoms with van der Waals surface area (Å²) in [5, 5.41) is 0. The minimum Gasteiger partial charge on any atom is -0.470 e. The normalized spacial score (nSPS) is 48.9. The molecule has 3 fully saturated rings. The van der Waals surface area contributed by atoms with Crippen molar-refractivity contribution in [1.82, 2.24) is 0 Å². The SMILES string of the molecule is C=COC12CCC(O1)C1COC(=O)C12. The van der Waals surface area contributed by atoms with Crippen LogP contribution in [-0.2, 0) is 19.0 Å². The lowest BCUT2D eigenvalue weighted by Crippen LogP contribution is -2.40. The number of hydrogen-bond donors (Lipinski definition) is 0. The zero-order valence-corrected chi connectivity index (χ0v) is 7.77. The predicted octanol–water partition coefficient (Wildman–Crippen LogP) is 0.825. The van der Waals surface area contributed by atoms with Gasteiger partial charge in [0.15, 0.2) is 0 Å². The molecule has 0 aliphatic carbocycles. The summed E-state index contributed by atoms with van der Waals surface area (Å²) in [6, 6.07) is 0. The summed E-state index contributed by atoms with van der Waals surface area (Å²) in [4.78, 5) is 11.5. The Morgan fingerprint density at radius 2 is 2.50 bits per heavy atom. The number of cyclic esters (lactones) is 1. The summed E-state index contributed by atoms with van der Waals surface area (Å²) in [5.41, 5.74) is 0. The highest BCUT2D eigenvalue weighted by molar-refractivity contribution is 5.77. The maximum Gasteiger partial charge on any atom is 0.316 e. The third-order valence-corrected chi connectivity index (χ3v) is 3.46. The van der Waals surface area contributed by atoms with Crippen molar-refractivity contribution in [2.45, 2.75) is 24.7 Å². The van der Waals surface area contributed by atoms with Crippen molar-refractivity contribution in [1.29, 1.82) is 0 Å². The zero-order valence-electron chi connectivity index (χ0n) is 7.77. The summed E-state index contributed by atoms with van der Waals surface area (Å²) in [5.74, 6) is -0.987. The molecule has 3 heterocycles. The second kappa shape index (κ2) is 2.51. The monoisotopic (exact) mass is 196 g/mol. The molecule has 4 heteroatoms. The van der Waals surface area contributed by atoms with E-state index in [-0.39, 0.29) is 23.9 Å². The molecule has 14 heavy (non-hydrogen) atoms. The molecule has 76 valence electrons. The van der Waals surface area contributed by atoms with E-state index in [1.54, 1.807) is 0 Å². The smallest absolute Gasteiger partial charge is 0.316 e. The first kappa shape index (κ1) is 8.29. The molecule has 3 aliphatic rings. The van der Waals surface area contributed by atoms with E-state index in [1.165, 1.54) is 6.26 Å². The van der Waals surface area contributed by atoms with Gasteiger partial charge in [-0.3, -0.25) is 4.79 Å². The van der Waals surface area contributed by atoms with Crippen LogP contribution in [0.3, 0.4) is 0 Å². The highest BCUT2D eigenvalue weighted by Crippen LogP contribution is 2.54. The Kier molecular flexibility index (Phi) is 1.49. The van der Waals surface area contributed by atoms with Crippen molar-refractivity contribution in [3.63, 3.8) is 0 Å². The molecule has 0 aromatic heterocycles. The molecule has 0 aromatic rings. The van der Waals surface area contributed by atoms with Crippen LogP contribution in [0.15, 0.2) is 12.8 Å². The maximum atomic E-state index is 11.5. The number of hydrogen-bond acceptors (Lipinski definition) is 4. The van der Waals surface area contributed by atoms with Crippen LogP contribution in [0.5, 0.6) is 0 Å². The minimum atomic E-state index is -0.759. The molecule has 0 amide bonds. The second-order valence-electron chi connectivity index (χ2n) is 4.06. The van der Waals surface area contributed by atoms with E-state index in [0.717, 1.165) is 12.8 Å². The van der Waals surface area contributed by atoms with Crippen LogP contribution in [0.25, 0.3) is 0 Å². The van der Waals surface area contributed by atoms with E-state index in [1.807, 2.05) is 0 Å². The maximum absolute atomic E-state index is 11.5. The molecule has 3 saturated heterocycles. The Bertz CT molecular complexity index is 300. The van der Waals surface area contributed by atoms with Crippen LogP contribution in [0, 0.1) is 11.8 Å². The molecule has 0 N–H and O–H groups in total. The Balaban J connectivity index is 1.97. The third kappa shape index (κ3) is 0.798. The molecule has 3 aliphatic heterocycles. The van der Waals surface area contributed by atoms with Crippen LogP contribution in [0.2, 0.25) is 0 Å². The topological polar surface area (TPSA) is 44.8 Å². The zero-order chi connectivity index (χ0) is 9.76. The van der Waals surface area contributed by atoms with Crippen molar-refractivity contribution in [3.05, 3.63) is 12.8 Å². The van der Waals surface area contributed by atoms with E-state index in [9.17, 15) is 4.79 Å². The third-order valence-electron chi connectivity index (χ3n) is 3.46. The summed E-state index contributed by atoms with van der Waals surface area (Å²) < 4.78 is 16.2. The first-order chi connectivity index (χ1) is 6.77. The van der Waals surface area contributed by atoms with Gasteiger partial charge in [-0.05, 0) is 6.42 Å². The first-order valence-corrected chi connectivity index (χ1v) is 4.90. The molecule has 0 spiro atoms. The lowest BCUT2D eigenvalue weighted by molar-refractivity contribution is -0.196. The van der Waals surface area contributed by atoms with E-state index in [2.05, 4.69) is 6.58 Å². The molecular formula is C10H12O4. The van der Waals surface area contributed by atoms with Gasteiger partial charge in [-0.25, -0.2) is 0 Å². The van der Waals surface area contributed by atoms with Gasteiger partial charge in [-0.15, -0.1) is 0 Å². The average Bonchev–Trinajstić information content (AvgIpc) is 2.78. The highest BCUT2D eigenvalue weighted by atomic mass is 16.7. The highest BCUT2D eigenvalue weighted by Gasteiger charge is 2.67. The van der Waals surface area contributed by atoms with Crippen molar-refractivity contribution < 1.29 is 19.0 Å². The van der Waals surface area contributed by atoms with Gasteiger partial charge in [0, 0.05) is 12.3 Å².